The molecule has 1 aromatic heterocycles. The van der Waals surface area contributed by atoms with Crippen LogP contribution in [0.25, 0.3) is 0 Å². The number of nitrogens with two attached hydrogens (primary N) is 1. The van der Waals surface area contributed by atoms with Gasteiger partial charge in [0.15, 0.2) is 5.69 Å². The largest absolute Gasteiger partial charge is 0.574 e. The number of pyridine rings is 1. The van der Waals surface area contributed by atoms with E-state index in [1.54, 1.807) is 0 Å². The maximum atomic E-state index is 11.9. The molecule has 0 aliphatic rings. The first-order valence-corrected chi connectivity index (χ1v) is 3.85. The van der Waals surface area contributed by atoms with Crippen LogP contribution in [-0.4, -0.2) is 16.3 Å². The summed E-state index contributed by atoms with van der Waals surface area (Å²) in [7, 11) is 0. The van der Waals surface area contributed by atoms with Crippen molar-refractivity contribution >= 4 is 11.4 Å². The summed E-state index contributed by atoms with van der Waals surface area (Å²) in [5, 5.41) is 18.9. The first-order chi connectivity index (χ1) is 7.74. The highest BCUT2D eigenvalue weighted by Gasteiger charge is 2.36. The van der Waals surface area contributed by atoms with Crippen molar-refractivity contribution in [2.75, 3.05) is 5.73 Å². The number of nitrogens with zero attached hydrogens (tertiary/aromatic N) is 3. The summed E-state index contributed by atoms with van der Waals surface area (Å²) in [4.78, 5) is 12.3. The van der Waals surface area contributed by atoms with Crippen molar-refractivity contribution in [3.8, 4) is 11.9 Å². The van der Waals surface area contributed by atoms with Gasteiger partial charge in [-0.1, -0.05) is 0 Å². The molecule has 0 bridgehead atoms. The van der Waals surface area contributed by atoms with Crippen LogP contribution in [0.1, 0.15) is 5.69 Å². The van der Waals surface area contributed by atoms with Gasteiger partial charge in [0.25, 0.3) is 0 Å². The molecular weight excluding hydrogens is 245 g/mol. The summed E-state index contributed by atoms with van der Waals surface area (Å²) >= 11 is 0. The van der Waals surface area contributed by atoms with Crippen molar-refractivity contribution in [2.24, 2.45) is 0 Å². The minimum absolute atomic E-state index is 0.409. The Morgan fingerprint density at radius 3 is 2.59 bits per heavy atom. The van der Waals surface area contributed by atoms with Gasteiger partial charge in [0.2, 0.25) is 0 Å². The first kappa shape index (κ1) is 12.5. The Hall–Kier alpha value is -2.57. The van der Waals surface area contributed by atoms with Crippen LogP contribution < -0.4 is 10.5 Å². The highest BCUT2D eigenvalue weighted by atomic mass is 19.4. The van der Waals surface area contributed by atoms with Gasteiger partial charge in [0.1, 0.15) is 6.07 Å². The third kappa shape index (κ3) is 2.94. The van der Waals surface area contributed by atoms with Crippen LogP contribution in [0.4, 0.5) is 24.5 Å². The van der Waals surface area contributed by atoms with E-state index < -0.39 is 34.2 Å². The summed E-state index contributed by atoms with van der Waals surface area (Å²) in [6.07, 6.45) is -5.15. The Bertz CT molecular complexity index is 508. The number of ether oxygens (including phenoxy) is 1. The van der Waals surface area contributed by atoms with Crippen molar-refractivity contribution in [3.05, 3.63) is 21.9 Å². The monoisotopic (exact) mass is 248 g/mol. The Morgan fingerprint density at radius 1 is 1.59 bits per heavy atom. The number of anilines is 1. The van der Waals surface area contributed by atoms with E-state index in [-0.39, 0.29) is 0 Å². The van der Waals surface area contributed by atoms with E-state index in [0.717, 1.165) is 0 Å². The fraction of sp³-hybridized carbons (Fsp3) is 0.143. The van der Waals surface area contributed by atoms with Crippen LogP contribution in [0, 0.1) is 21.4 Å². The van der Waals surface area contributed by atoms with Crippen LogP contribution in [0.3, 0.4) is 0 Å². The average molecular weight is 248 g/mol. The molecule has 1 heterocycles. The summed E-state index contributed by atoms with van der Waals surface area (Å²) < 4.78 is 39.1. The number of hydrogen-bond donors (Lipinski definition) is 1. The number of alkyl halides is 3. The summed E-state index contributed by atoms with van der Waals surface area (Å²) in [5.74, 6) is -1.33. The van der Waals surface area contributed by atoms with Gasteiger partial charge in [0, 0.05) is 6.07 Å². The zero-order valence-electron chi connectivity index (χ0n) is 7.85. The normalized spacial score (nSPS) is 10.7. The van der Waals surface area contributed by atoms with E-state index in [1.165, 1.54) is 6.07 Å². The topological polar surface area (TPSA) is 115 Å². The lowest BCUT2D eigenvalue weighted by Gasteiger charge is -2.08. The molecule has 17 heavy (non-hydrogen) atoms. The minimum atomic E-state index is -5.15. The number of nitro groups is 1. The summed E-state index contributed by atoms with van der Waals surface area (Å²) in [6, 6.07) is 1.96. The molecule has 0 saturated heterocycles. The molecule has 90 valence electrons. The van der Waals surface area contributed by atoms with E-state index in [4.69, 9.17) is 11.0 Å². The van der Waals surface area contributed by atoms with Crippen molar-refractivity contribution in [2.45, 2.75) is 6.36 Å². The zero-order valence-corrected chi connectivity index (χ0v) is 7.85. The van der Waals surface area contributed by atoms with Crippen LogP contribution in [0.5, 0.6) is 5.88 Å². The Morgan fingerprint density at radius 2 is 2.18 bits per heavy atom. The predicted octanol–water partition coefficient (Wildman–Crippen LogP) is 1.34. The Kier molecular flexibility index (Phi) is 3.03. The van der Waals surface area contributed by atoms with Crippen molar-refractivity contribution < 1.29 is 22.8 Å². The highest BCUT2D eigenvalue weighted by molar-refractivity contribution is 5.59. The fourth-order valence-corrected chi connectivity index (χ4v) is 0.906. The van der Waals surface area contributed by atoms with E-state index in [0.29, 0.717) is 6.07 Å². The second-order valence-corrected chi connectivity index (χ2v) is 2.67. The predicted molar refractivity (Wildman–Crippen MR) is 46.7 cm³/mol. The zero-order chi connectivity index (χ0) is 13.2. The van der Waals surface area contributed by atoms with Crippen LogP contribution in [-0.2, 0) is 0 Å². The number of nitrogen functional groups attached to an aromatic ring is 1. The van der Waals surface area contributed by atoms with Gasteiger partial charge in [-0.25, -0.2) is 0 Å². The molecule has 7 nitrogen and oxygen atoms in total. The van der Waals surface area contributed by atoms with Crippen LogP contribution >= 0.6 is 0 Å². The lowest BCUT2D eigenvalue weighted by Crippen LogP contribution is -2.19. The summed E-state index contributed by atoms with van der Waals surface area (Å²) in [5.41, 5.74) is 3.11. The number of rotatable bonds is 2. The molecule has 10 heteroatoms. The third-order valence-electron chi connectivity index (χ3n) is 1.51. The third-order valence-corrected chi connectivity index (χ3v) is 1.51. The number of nitriles is 1. The van der Waals surface area contributed by atoms with Gasteiger partial charge in [-0.2, -0.15) is 10.2 Å². The molecule has 0 radical (unpaired) electrons. The molecule has 0 aliphatic heterocycles. The maximum Gasteiger partial charge on any atom is 0.574 e. The first-order valence-electron chi connectivity index (χ1n) is 3.85. The molecule has 0 aliphatic carbocycles. The van der Waals surface area contributed by atoms with Crippen LogP contribution in [0.15, 0.2) is 6.07 Å². The van der Waals surface area contributed by atoms with Crippen molar-refractivity contribution in [1.29, 1.82) is 5.26 Å². The van der Waals surface area contributed by atoms with Gasteiger partial charge >= 0.3 is 17.9 Å². The van der Waals surface area contributed by atoms with Gasteiger partial charge in [-0.05, 0) is 0 Å². The summed E-state index contributed by atoms with van der Waals surface area (Å²) in [6.45, 7) is 0. The molecule has 0 atom stereocenters. The number of aromatic nitrogens is 1. The smallest absolute Gasteiger partial charge is 0.396 e. The highest BCUT2D eigenvalue weighted by Crippen LogP contribution is 2.32. The SMILES string of the molecule is N#Cc1nc(OC(F)(F)F)c([N+](=O)[O-])cc1N. The molecule has 0 unspecified atom stereocenters. The van der Waals surface area contributed by atoms with Gasteiger partial charge in [-0.3, -0.25) is 10.1 Å². The molecule has 2 N–H and O–H groups in total. The Balaban J connectivity index is 3.35. The lowest BCUT2D eigenvalue weighted by molar-refractivity contribution is -0.389. The quantitative estimate of drug-likeness (QED) is 0.623. The van der Waals surface area contributed by atoms with E-state index in [9.17, 15) is 23.3 Å². The molecule has 0 saturated carbocycles. The molecule has 1 rings (SSSR count). The second kappa shape index (κ2) is 4.12. The van der Waals surface area contributed by atoms with E-state index in [2.05, 4.69) is 9.72 Å². The fourth-order valence-electron chi connectivity index (χ4n) is 0.906. The van der Waals surface area contributed by atoms with E-state index in [1.807, 2.05) is 0 Å². The van der Waals surface area contributed by atoms with Gasteiger partial charge in [-0.15, -0.1) is 13.2 Å². The molecule has 0 spiro atoms. The van der Waals surface area contributed by atoms with Crippen LogP contribution in [0.2, 0.25) is 0 Å². The molecule has 0 amide bonds. The minimum Gasteiger partial charge on any atom is -0.396 e. The lowest BCUT2D eigenvalue weighted by atomic mass is 10.3. The molecular formula is C7H3F3N4O3. The van der Waals surface area contributed by atoms with E-state index >= 15 is 0 Å². The standard InChI is InChI=1S/C7H3F3N4O3/c8-7(9,10)17-6-5(14(15)16)1-3(12)4(2-11)13-6/h1H,12H2. The van der Waals surface area contributed by atoms with Crippen molar-refractivity contribution in [3.63, 3.8) is 0 Å². The Labute approximate surface area is 91.4 Å². The molecule has 0 fully saturated rings. The second-order valence-electron chi connectivity index (χ2n) is 2.67. The average Bonchev–Trinajstić information content (AvgIpc) is 2.17. The van der Waals surface area contributed by atoms with Crippen molar-refractivity contribution in [1.82, 2.24) is 4.98 Å². The number of halogens is 3. The number of hydrogen-bond acceptors (Lipinski definition) is 6. The molecule has 0 aromatic carbocycles. The van der Waals surface area contributed by atoms with Gasteiger partial charge in [0.05, 0.1) is 10.6 Å². The molecule has 1 aromatic rings. The van der Waals surface area contributed by atoms with Gasteiger partial charge < -0.3 is 10.5 Å². The maximum absolute atomic E-state index is 11.9.